The lowest BCUT2D eigenvalue weighted by Crippen LogP contribution is -2.49. The molecular formula is C11H24N2OS. The van der Waals surface area contributed by atoms with Gasteiger partial charge in [-0.2, -0.15) is 11.8 Å². The zero-order valence-corrected chi connectivity index (χ0v) is 11.3. The van der Waals surface area contributed by atoms with E-state index in [1.807, 2.05) is 20.2 Å². The molecule has 90 valence electrons. The van der Waals surface area contributed by atoms with Crippen LogP contribution in [-0.2, 0) is 4.79 Å². The van der Waals surface area contributed by atoms with Crippen LogP contribution in [0.3, 0.4) is 0 Å². The lowest BCUT2D eigenvalue weighted by molar-refractivity contribution is -0.133. The highest BCUT2D eigenvalue weighted by atomic mass is 32.2. The second kappa shape index (κ2) is 7.12. The third kappa shape index (κ3) is 4.43. The van der Waals surface area contributed by atoms with Crippen molar-refractivity contribution in [2.45, 2.75) is 39.3 Å². The van der Waals surface area contributed by atoms with E-state index in [0.29, 0.717) is 0 Å². The Kier molecular flexibility index (Phi) is 7.02. The molecule has 0 aliphatic rings. The third-order valence-corrected chi connectivity index (χ3v) is 3.77. The molecule has 0 radical (unpaired) electrons. The Morgan fingerprint density at radius 1 is 1.47 bits per heavy atom. The maximum Gasteiger partial charge on any atom is 0.239 e. The Labute approximate surface area is 97.8 Å². The molecule has 3 nitrogen and oxygen atoms in total. The highest BCUT2D eigenvalue weighted by Gasteiger charge is 2.25. The standard InChI is InChI=1S/C11H24N2OS/c1-6-8(2)10(12)11(14)13(4)9(3)7-15-5/h8-10H,6-7,12H2,1-5H3/t8?,9?,10-/m0/s1. The summed E-state index contributed by atoms with van der Waals surface area (Å²) in [5, 5.41) is 0. The summed E-state index contributed by atoms with van der Waals surface area (Å²) in [6, 6.07) is -0.105. The molecule has 0 aromatic heterocycles. The van der Waals surface area contributed by atoms with Crippen molar-refractivity contribution in [2.75, 3.05) is 19.1 Å². The molecule has 0 aliphatic heterocycles. The van der Waals surface area contributed by atoms with Crippen LogP contribution >= 0.6 is 11.8 Å². The molecule has 4 heteroatoms. The fourth-order valence-corrected chi connectivity index (χ4v) is 2.01. The Hall–Kier alpha value is -0.220. The van der Waals surface area contributed by atoms with Crippen LogP contribution in [0.5, 0.6) is 0 Å². The second-order valence-electron chi connectivity index (χ2n) is 4.16. The molecule has 0 spiro atoms. The number of hydrogen-bond acceptors (Lipinski definition) is 3. The molecule has 3 atom stereocenters. The van der Waals surface area contributed by atoms with Crippen molar-refractivity contribution in [1.29, 1.82) is 0 Å². The Morgan fingerprint density at radius 2 is 2.00 bits per heavy atom. The van der Waals surface area contributed by atoms with Crippen LogP contribution in [0.15, 0.2) is 0 Å². The van der Waals surface area contributed by atoms with Crippen LogP contribution in [0.4, 0.5) is 0 Å². The van der Waals surface area contributed by atoms with E-state index < -0.39 is 0 Å². The van der Waals surface area contributed by atoms with E-state index in [-0.39, 0.29) is 23.9 Å². The van der Waals surface area contributed by atoms with Crippen molar-refractivity contribution in [2.24, 2.45) is 11.7 Å². The second-order valence-corrected chi connectivity index (χ2v) is 5.08. The fraction of sp³-hybridized carbons (Fsp3) is 0.909. The van der Waals surface area contributed by atoms with Gasteiger partial charge in [0, 0.05) is 18.8 Å². The SMILES string of the molecule is CCC(C)[C@H](N)C(=O)N(C)C(C)CSC. The van der Waals surface area contributed by atoms with E-state index in [2.05, 4.69) is 13.8 Å². The zero-order valence-electron chi connectivity index (χ0n) is 10.5. The quantitative estimate of drug-likeness (QED) is 0.756. The van der Waals surface area contributed by atoms with Gasteiger partial charge in [0.1, 0.15) is 0 Å². The summed E-state index contributed by atoms with van der Waals surface area (Å²) in [4.78, 5) is 13.7. The molecule has 0 saturated carbocycles. The lowest BCUT2D eigenvalue weighted by atomic mass is 9.99. The van der Waals surface area contributed by atoms with Crippen LogP contribution in [0.2, 0.25) is 0 Å². The number of nitrogens with zero attached hydrogens (tertiary/aromatic N) is 1. The number of nitrogens with two attached hydrogens (primary N) is 1. The van der Waals surface area contributed by atoms with Crippen LogP contribution in [0.25, 0.3) is 0 Å². The topological polar surface area (TPSA) is 46.3 Å². The molecule has 1 amide bonds. The largest absolute Gasteiger partial charge is 0.341 e. The number of carbonyl (C=O) groups excluding carboxylic acids is 1. The van der Waals surface area contributed by atoms with Crippen LogP contribution in [0.1, 0.15) is 27.2 Å². The average Bonchev–Trinajstić information content (AvgIpc) is 2.25. The minimum atomic E-state index is -0.357. The first-order valence-electron chi connectivity index (χ1n) is 5.46. The van der Waals surface area contributed by atoms with Crippen LogP contribution in [-0.4, -0.2) is 41.9 Å². The van der Waals surface area contributed by atoms with Crippen molar-refractivity contribution in [1.82, 2.24) is 4.90 Å². The van der Waals surface area contributed by atoms with Crippen molar-refractivity contribution < 1.29 is 4.79 Å². The first-order valence-corrected chi connectivity index (χ1v) is 6.86. The molecule has 0 saturated heterocycles. The van der Waals surface area contributed by atoms with E-state index in [0.717, 1.165) is 12.2 Å². The Balaban J connectivity index is 4.30. The van der Waals surface area contributed by atoms with E-state index >= 15 is 0 Å². The predicted octanol–water partition coefficient (Wildman–Crippen LogP) is 1.57. The molecule has 15 heavy (non-hydrogen) atoms. The third-order valence-electron chi connectivity index (χ3n) is 2.96. The van der Waals surface area contributed by atoms with Gasteiger partial charge in [-0.05, 0) is 19.1 Å². The summed E-state index contributed by atoms with van der Waals surface area (Å²) in [6.07, 6.45) is 2.99. The summed E-state index contributed by atoms with van der Waals surface area (Å²) in [6.45, 7) is 6.14. The molecule has 0 fully saturated rings. The number of amides is 1. The van der Waals surface area contributed by atoms with Gasteiger partial charge in [0.2, 0.25) is 5.91 Å². The molecule has 0 aromatic carbocycles. The minimum Gasteiger partial charge on any atom is -0.341 e. The number of thioether (sulfide) groups is 1. The van der Waals surface area contributed by atoms with E-state index in [4.69, 9.17) is 5.73 Å². The summed E-state index contributed by atoms with van der Waals surface area (Å²) in [5.74, 6) is 1.27. The smallest absolute Gasteiger partial charge is 0.239 e. The minimum absolute atomic E-state index is 0.0610. The van der Waals surface area contributed by atoms with Crippen molar-refractivity contribution in [3.63, 3.8) is 0 Å². The fourth-order valence-electron chi connectivity index (χ4n) is 1.30. The van der Waals surface area contributed by atoms with Crippen molar-refractivity contribution in [3.8, 4) is 0 Å². The first-order chi connectivity index (χ1) is 6.95. The number of carbonyl (C=O) groups is 1. The van der Waals surface area contributed by atoms with Crippen LogP contribution < -0.4 is 5.73 Å². The predicted molar refractivity (Wildman–Crippen MR) is 68.0 cm³/mol. The van der Waals surface area contributed by atoms with Gasteiger partial charge in [-0.1, -0.05) is 20.3 Å². The van der Waals surface area contributed by atoms with Gasteiger partial charge in [-0.15, -0.1) is 0 Å². The van der Waals surface area contributed by atoms with Crippen molar-refractivity contribution >= 4 is 17.7 Å². The summed E-state index contributed by atoms with van der Waals surface area (Å²) >= 11 is 1.75. The van der Waals surface area contributed by atoms with Crippen LogP contribution in [0, 0.1) is 5.92 Å². The van der Waals surface area contributed by atoms with Gasteiger partial charge < -0.3 is 10.6 Å². The molecule has 0 heterocycles. The Morgan fingerprint density at radius 3 is 2.40 bits per heavy atom. The summed E-state index contributed by atoms with van der Waals surface area (Å²) in [7, 11) is 1.84. The summed E-state index contributed by atoms with van der Waals surface area (Å²) in [5.41, 5.74) is 5.91. The van der Waals surface area contributed by atoms with Gasteiger partial charge in [-0.3, -0.25) is 4.79 Å². The first kappa shape index (κ1) is 14.8. The molecule has 0 bridgehead atoms. The number of hydrogen-bond donors (Lipinski definition) is 1. The van der Waals surface area contributed by atoms with Crippen molar-refractivity contribution in [3.05, 3.63) is 0 Å². The van der Waals surface area contributed by atoms with Gasteiger partial charge in [-0.25, -0.2) is 0 Å². The Bertz CT molecular complexity index is 199. The van der Waals surface area contributed by atoms with E-state index in [9.17, 15) is 4.79 Å². The average molecular weight is 232 g/mol. The van der Waals surface area contributed by atoms with Gasteiger partial charge in [0.05, 0.1) is 6.04 Å². The number of rotatable bonds is 6. The lowest BCUT2D eigenvalue weighted by Gasteiger charge is -2.29. The summed E-state index contributed by atoms with van der Waals surface area (Å²) < 4.78 is 0. The highest BCUT2D eigenvalue weighted by Crippen LogP contribution is 2.11. The molecule has 2 N–H and O–H groups in total. The van der Waals surface area contributed by atoms with Gasteiger partial charge >= 0.3 is 0 Å². The van der Waals surface area contributed by atoms with Gasteiger partial charge in [0.15, 0.2) is 0 Å². The van der Waals surface area contributed by atoms with Gasteiger partial charge in [0.25, 0.3) is 0 Å². The maximum absolute atomic E-state index is 12.0. The zero-order chi connectivity index (χ0) is 12.0. The highest BCUT2D eigenvalue weighted by molar-refractivity contribution is 7.98. The molecule has 0 rings (SSSR count). The van der Waals surface area contributed by atoms with E-state index in [1.54, 1.807) is 16.7 Å². The molecule has 0 aliphatic carbocycles. The maximum atomic E-state index is 12.0. The monoisotopic (exact) mass is 232 g/mol. The van der Waals surface area contributed by atoms with E-state index in [1.165, 1.54) is 0 Å². The molecular weight excluding hydrogens is 208 g/mol. The number of likely N-dealkylation sites (N-methyl/N-ethyl adjacent to an activating group) is 1. The molecule has 2 unspecified atom stereocenters. The molecule has 0 aromatic rings. The normalized spacial score (nSPS) is 16.9.